The van der Waals surface area contributed by atoms with E-state index in [0.29, 0.717) is 18.1 Å². The van der Waals surface area contributed by atoms with E-state index in [9.17, 15) is 4.79 Å². The zero-order valence-electron chi connectivity index (χ0n) is 9.14. The molecule has 0 aliphatic rings. The molecule has 1 aromatic heterocycles. The lowest BCUT2D eigenvalue weighted by molar-refractivity contribution is 0.111. The number of nitrogens with zero attached hydrogens (tertiary/aromatic N) is 2. The fourth-order valence-electron chi connectivity index (χ4n) is 1.12. The summed E-state index contributed by atoms with van der Waals surface area (Å²) in [5, 5.41) is 0. The van der Waals surface area contributed by atoms with Crippen LogP contribution in [0.3, 0.4) is 0 Å². The Labute approximate surface area is 89.9 Å². The van der Waals surface area contributed by atoms with Crippen molar-refractivity contribution in [3.8, 4) is 5.75 Å². The maximum Gasteiger partial charge on any atom is 0.168 e. The van der Waals surface area contributed by atoms with E-state index in [1.165, 1.54) is 0 Å². The Kier molecular flexibility index (Phi) is 4.77. The number of ether oxygens (including phenoxy) is 1. The van der Waals surface area contributed by atoms with Crippen LogP contribution in [0, 0.1) is 0 Å². The van der Waals surface area contributed by atoms with Gasteiger partial charge in [0.1, 0.15) is 11.4 Å². The lowest BCUT2D eigenvalue weighted by Crippen LogP contribution is -2.15. The Morgan fingerprint density at radius 1 is 1.47 bits per heavy atom. The first-order valence-electron chi connectivity index (χ1n) is 4.91. The van der Waals surface area contributed by atoms with E-state index < -0.39 is 0 Å². The van der Waals surface area contributed by atoms with Gasteiger partial charge in [-0.15, -0.1) is 0 Å². The summed E-state index contributed by atoms with van der Waals surface area (Å²) in [5.74, 6) is 0.708. The van der Waals surface area contributed by atoms with Crippen LogP contribution in [-0.4, -0.2) is 43.4 Å². The van der Waals surface area contributed by atoms with E-state index in [1.807, 2.05) is 14.1 Å². The Morgan fingerprint density at radius 2 is 2.27 bits per heavy atom. The third kappa shape index (κ3) is 4.56. The van der Waals surface area contributed by atoms with Gasteiger partial charge in [-0.2, -0.15) is 0 Å². The molecule has 82 valence electrons. The molecular formula is C11H16N2O2. The predicted octanol–water partition coefficient (Wildman–Crippen LogP) is 1.22. The molecule has 1 aromatic rings. The van der Waals surface area contributed by atoms with Gasteiger partial charge in [-0.25, -0.2) is 4.98 Å². The molecule has 0 atom stereocenters. The fourth-order valence-corrected chi connectivity index (χ4v) is 1.12. The molecule has 15 heavy (non-hydrogen) atoms. The molecule has 0 aliphatic heterocycles. The summed E-state index contributed by atoms with van der Waals surface area (Å²) in [4.78, 5) is 16.4. The van der Waals surface area contributed by atoms with Crippen LogP contribution in [0.2, 0.25) is 0 Å². The quantitative estimate of drug-likeness (QED) is 0.521. The molecule has 0 fully saturated rings. The average molecular weight is 208 g/mol. The summed E-state index contributed by atoms with van der Waals surface area (Å²) in [6.07, 6.45) is 3.26. The van der Waals surface area contributed by atoms with Crippen LogP contribution in [0.5, 0.6) is 5.75 Å². The second-order valence-electron chi connectivity index (χ2n) is 3.54. The van der Waals surface area contributed by atoms with Crippen molar-refractivity contribution in [1.29, 1.82) is 0 Å². The Balaban J connectivity index is 2.28. The lowest BCUT2D eigenvalue weighted by atomic mass is 10.3. The number of hydrogen-bond acceptors (Lipinski definition) is 4. The number of aromatic nitrogens is 1. The van der Waals surface area contributed by atoms with E-state index in [-0.39, 0.29) is 0 Å². The maximum absolute atomic E-state index is 10.3. The zero-order chi connectivity index (χ0) is 11.1. The van der Waals surface area contributed by atoms with Gasteiger partial charge >= 0.3 is 0 Å². The second-order valence-corrected chi connectivity index (χ2v) is 3.54. The van der Waals surface area contributed by atoms with Crippen LogP contribution in [-0.2, 0) is 0 Å². The molecule has 0 amide bonds. The first kappa shape index (κ1) is 11.7. The number of pyridine rings is 1. The number of carbonyl (C=O) groups excluding carboxylic acids is 1. The number of hydrogen-bond donors (Lipinski definition) is 0. The third-order valence-electron chi connectivity index (χ3n) is 1.90. The van der Waals surface area contributed by atoms with Crippen LogP contribution in [0.25, 0.3) is 0 Å². The van der Waals surface area contributed by atoms with E-state index in [1.54, 1.807) is 18.3 Å². The summed E-state index contributed by atoms with van der Waals surface area (Å²) in [5.41, 5.74) is 0.427. The highest BCUT2D eigenvalue weighted by molar-refractivity contribution is 5.71. The summed E-state index contributed by atoms with van der Waals surface area (Å²) in [7, 11) is 4.06. The van der Waals surface area contributed by atoms with Crippen molar-refractivity contribution in [2.45, 2.75) is 6.42 Å². The molecule has 0 bridgehead atoms. The first-order valence-corrected chi connectivity index (χ1v) is 4.91. The third-order valence-corrected chi connectivity index (χ3v) is 1.90. The average Bonchev–Trinajstić information content (AvgIpc) is 2.25. The highest BCUT2D eigenvalue weighted by Crippen LogP contribution is 2.08. The fraction of sp³-hybridized carbons (Fsp3) is 0.455. The van der Waals surface area contributed by atoms with Crippen molar-refractivity contribution in [3.05, 3.63) is 24.0 Å². The molecule has 4 nitrogen and oxygen atoms in total. The molecule has 0 N–H and O–H groups in total. The van der Waals surface area contributed by atoms with E-state index in [0.717, 1.165) is 19.3 Å². The summed E-state index contributed by atoms with van der Waals surface area (Å²) >= 11 is 0. The van der Waals surface area contributed by atoms with Crippen molar-refractivity contribution < 1.29 is 9.53 Å². The van der Waals surface area contributed by atoms with Crippen LogP contribution < -0.4 is 4.74 Å². The van der Waals surface area contributed by atoms with Crippen LogP contribution in [0.15, 0.2) is 18.3 Å². The van der Waals surface area contributed by atoms with Gasteiger partial charge in [0.25, 0.3) is 0 Å². The van der Waals surface area contributed by atoms with Crippen molar-refractivity contribution in [3.63, 3.8) is 0 Å². The Hall–Kier alpha value is -1.42. The Bertz CT molecular complexity index is 296. The van der Waals surface area contributed by atoms with Gasteiger partial charge in [0.05, 0.1) is 12.8 Å². The van der Waals surface area contributed by atoms with Crippen molar-refractivity contribution in [1.82, 2.24) is 9.88 Å². The van der Waals surface area contributed by atoms with E-state index >= 15 is 0 Å². The number of carbonyl (C=O) groups is 1. The Morgan fingerprint density at radius 3 is 2.80 bits per heavy atom. The highest BCUT2D eigenvalue weighted by Gasteiger charge is 1.96. The number of aldehydes is 1. The molecule has 0 aromatic carbocycles. The normalized spacial score (nSPS) is 10.3. The van der Waals surface area contributed by atoms with E-state index in [2.05, 4.69) is 9.88 Å². The monoisotopic (exact) mass is 208 g/mol. The first-order chi connectivity index (χ1) is 7.22. The van der Waals surface area contributed by atoms with Gasteiger partial charge in [0, 0.05) is 6.54 Å². The molecule has 4 heteroatoms. The SMILES string of the molecule is CN(C)CCCOc1ccc(C=O)nc1. The molecule has 0 radical (unpaired) electrons. The molecule has 1 heterocycles. The van der Waals surface area contributed by atoms with Gasteiger partial charge in [-0.05, 0) is 32.6 Å². The highest BCUT2D eigenvalue weighted by atomic mass is 16.5. The maximum atomic E-state index is 10.3. The minimum atomic E-state index is 0.427. The summed E-state index contributed by atoms with van der Waals surface area (Å²) in [6, 6.07) is 3.40. The molecule has 0 saturated carbocycles. The molecule has 0 saturated heterocycles. The van der Waals surface area contributed by atoms with Gasteiger partial charge in [-0.3, -0.25) is 4.79 Å². The van der Waals surface area contributed by atoms with Crippen LogP contribution in [0.4, 0.5) is 0 Å². The number of rotatable bonds is 6. The van der Waals surface area contributed by atoms with Crippen LogP contribution >= 0.6 is 0 Å². The summed E-state index contributed by atoms with van der Waals surface area (Å²) in [6.45, 7) is 1.67. The molecular weight excluding hydrogens is 192 g/mol. The van der Waals surface area contributed by atoms with Gasteiger partial charge in [-0.1, -0.05) is 0 Å². The van der Waals surface area contributed by atoms with Crippen molar-refractivity contribution in [2.75, 3.05) is 27.2 Å². The smallest absolute Gasteiger partial charge is 0.168 e. The van der Waals surface area contributed by atoms with Crippen molar-refractivity contribution in [2.24, 2.45) is 0 Å². The van der Waals surface area contributed by atoms with Crippen LogP contribution in [0.1, 0.15) is 16.9 Å². The molecule has 0 spiro atoms. The molecule has 1 rings (SSSR count). The minimum absolute atomic E-state index is 0.427. The minimum Gasteiger partial charge on any atom is -0.492 e. The standard InChI is InChI=1S/C11H16N2O2/c1-13(2)6-3-7-15-11-5-4-10(9-14)12-8-11/h4-5,8-9H,3,6-7H2,1-2H3. The van der Waals surface area contributed by atoms with Gasteiger partial charge in [0.15, 0.2) is 6.29 Å². The predicted molar refractivity (Wildman–Crippen MR) is 58.3 cm³/mol. The van der Waals surface area contributed by atoms with Gasteiger partial charge in [0.2, 0.25) is 0 Å². The largest absolute Gasteiger partial charge is 0.492 e. The van der Waals surface area contributed by atoms with Crippen molar-refractivity contribution >= 4 is 6.29 Å². The molecule has 0 unspecified atom stereocenters. The molecule has 0 aliphatic carbocycles. The van der Waals surface area contributed by atoms with Gasteiger partial charge < -0.3 is 9.64 Å². The lowest BCUT2D eigenvalue weighted by Gasteiger charge is -2.09. The zero-order valence-corrected chi connectivity index (χ0v) is 9.14. The second kappa shape index (κ2) is 6.14. The van der Waals surface area contributed by atoms with E-state index in [4.69, 9.17) is 4.74 Å². The summed E-state index contributed by atoms with van der Waals surface area (Å²) < 4.78 is 5.45. The topological polar surface area (TPSA) is 42.4 Å².